The minimum Gasteiger partial charge on any atom is -0.409 e. The van der Waals surface area contributed by atoms with Gasteiger partial charge >= 0.3 is 0 Å². The fraction of sp³-hybridized carbons (Fsp3) is 0.545. The lowest BCUT2D eigenvalue weighted by molar-refractivity contribution is -0.125. The van der Waals surface area contributed by atoms with E-state index in [4.69, 9.17) is 5.21 Å². The number of carbonyl (C=O) groups excluding carboxylic acids is 1. The van der Waals surface area contributed by atoms with Crippen LogP contribution >= 0.6 is 0 Å². The summed E-state index contributed by atoms with van der Waals surface area (Å²) in [6.07, 6.45) is 4.70. The van der Waals surface area contributed by atoms with Crippen LogP contribution in [0.15, 0.2) is 23.9 Å². The molecule has 0 aliphatic rings. The number of hydrogen-bond acceptors (Lipinski definition) is 4. The molecule has 1 rings (SSSR count). The average molecular weight is 238 g/mol. The summed E-state index contributed by atoms with van der Waals surface area (Å²) in [5.41, 5.74) is -0.369. The summed E-state index contributed by atoms with van der Waals surface area (Å²) in [7, 11) is 1.56. The van der Waals surface area contributed by atoms with Crippen LogP contribution in [0.2, 0.25) is 0 Å². The van der Waals surface area contributed by atoms with Gasteiger partial charge in [-0.25, -0.2) is 4.98 Å². The molecule has 0 fully saturated rings. The van der Waals surface area contributed by atoms with Gasteiger partial charge in [-0.1, -0.05) is 25.9 Å². The molecule has 1 heterocycles. The molecule has 1 atom stereocenters. The lowest BCUT2D eigenvalue weighted by Crippen LogP contribution is -2.43. The molecule has 2 N–H and O–H groups in total. The molecule has 1 unspecified atom stereocenters. The van der Waals surface area contributed by atoms with Crippen LogP contribution in [0.4, 0.5) is 0 Å². The van der Waals surface area contributed by atoms with E-state index in [1.807, 2.05) is 20.8 Å². The van der Waals surface area contributed by atoms with Gasteiger partial charge in [0.2, 0.25) is 5.91 Å². The molecule has 0 aromatic carbocycles. The maximum atomic E-state index is 11.9. The summed E-state index contributed by atoms with van der Waals surface area (Å²) < 4.78 is 1.53. The number of amides is 1. The van der Waals surface area contributed by atoms with E-state index in [-0.39, 0.29) is 17.2 Å². The Morgan fingerprint density at radius 1 is 1.53 bits per heavy atom. The fourth-order valence-corrected chi connectivity index (χ4v) is 1.70. The highest BCUT2D eigenvalue weighted by Gasteiger charge is 2.36. The summed E-state index contributed by atoms with van der Waals surface area (Å²) in [4.78, 5) is 15.8. The SMILES string of the molecule is CNC(=O)C(C(=NO)n1ccnc1)C(C)(C)C. The fourth-order valence-electron chi connectivity index (χ4n) is 1.70. The third kappa shape index (κ3) is 2.83. The number of hydrogen-bond donors (Lipinski definition) is 2. The lowest BCUT2D eigenvalue weighted by Gasteiger charge is -2.29. The summed E-state index contributed by atoms with van der Waals surface area (Å²) >= 11 is 0. The summed E-state index contributed by atoms with van der Waals surface area (Å²) in [6, 6.07) is 0. The predicted molar refractivity (Wildman–Crippen MR) is 63.9 cm³/mol. The van der Waals surface area contributed by atoms with Crippen molar-refractivity contribution in [2.24, 2.45) is 16.5 Å². The molecule has 6 heteroatoms. The highest BCUT2D eigenvalue weighted by atomic mass is 16.4. The number of aromatic nitrogens is 2. The van der Waals surface area contributed by atoms with Gasteiger partial charge in [0.05, 0.1) is 0 Å². The Morgan fingerprint density at radius 3 is 2.53 bits per heavy atom. The topological polar surface area (TPSA) is 79.5 Å². The van der Waals surface area contributed by atoms with Crippen LogP contribution in [0.5, 0.6) is 0 Å². The quantitative estimate of drug-likeness (QED) is 0.348. The lowest BCUT2D eigenvalue weighted by atomic mass is 9.79. The van der Waals surface area contributed by atoms with E-state index in [2.05, 4.69) is 15.5 Å². The molecule has 6 nitrogen and oxygen atoms in total. The van der Waals surface area contributed by atoms with E-state index in [0.29, 0.717) is 0 Å². The van der Waals surface area contributed by atoms with Crippen LogP contribution in [0.3, 0.4) is 0 Å². The number of rotatable bonds is 2. The second-order valence-corrected chi connectivity index (χ2v) is 4.84. The number of oxime groups is 1. The summed E-state index contributed by atoms with van der Waals surface area (Å²) in [6.45, 7) is 5.74. The van der Waals surface area contributed by atoms with Crippen LogP contribution < -0.4 is 5.32 Å². The Morgan fingerprint density at radius 2 is 2.18 bits per heavy atom. The first-order valence-corrected chi connectivity index (χ1v) is 5.33. The minimum atomic E-state index is -0.563. The highest BCUT2D eigenvalue weighted by molar-refractivity contribution is 6.04. The van der Waals surface area contributed by atoms with Gasteiger partial charge < -0.3 is 10.5 Å². The molecule has 1 aromatic heterocycles. The van der Waals surface area contributed by atoms with E-state index in [9.17, 15) is 4.79 Å². The van der Waals surface area contributed by atoms with E-state index < -0.39 is 5.92 Å². The van der Waals surface area contributed by atoms with E-state index >= 15 is 0 Å². The maximum absolute atomic E-state index is 11.9. The Balaban J connectivity index is 3.18. The van der Waals surface area contributed by atoms with Gasteiger partial charge in [-0.15, -0.1) is 0 Å². The average Bonchev–Trinajstić information content (AvgIpc) is 2.76. The van der Waals surface area contributed by atoms with Crippen molar-refractivity contribution in [3.8, 4) is 0 Å². The van der Waals surface area contributed by atoms with Gasteiger partial charge in [-0.05, 0) is 5.41 Å². The molecule has 0 aliphatic heterocycles. The highest BCUT2D eigenvalue weighted by Crippen LogP contribution is 2.28. The molecule has 1 amide bonds. The van der Waals surface area contributed by atoms with E-state index in [1.165, 1.54) is 10.9 Å². The van der Waals surface area contributed by atoms with Crippen LogP contribution in [0, 0.1) is 11.3 Å². The Labute approximate surface area is 100 Å². The van der Waals surface area contributed by atoms with Crippen LogP contribution in [-0.2, 0) is 4.79 Å². The van der Waals surface area contributed by atoms with Crippen molar-refractivity contribution >= 4 is 11.7 Å². The molecule has 0 saturated heterocycles. The molecule has 0 radical (unpaired) electrons. The van der Waals surface area contributed by atoms with E-state index in [0.717, 1.165) is 0 Å². The van der Waals surface area contributed by atoms with Gasteiger partial charge in [0, 0.05) is 19.4 Å². The molecule has 17 heavy (non-hydrogen) atoms. The van der Waals surface area contributed by atoms with Crippen molar-refractivity contribution in [1.82, 2.24) is 14.9 Å². The summed E-state index contributed by atoms with van der Waals surface area (Å²) in [5, 5.41) is 15.0. The van der Waals surface area contributed by atoms with Crippen molar-refractivity contribution in [3.63, 3.8) is 0 Å². The van der Waals surface area contributed by atoms with Gasteiger partial charge in [0.1, 0.15) is 12.2 Å². The largest absolute Gasteiger partial charge is 0.409 e. The molecule has 0 aliphatic carbocycles. The minimum absolute atomic E-state index is 0.195. The second kappa shape index (κ2) is 4.99. The van der Waals surface area contributed by atoms with Gasteiger partial charge in [-0.3, -0.25) is 9.36 Å². The van der Waals surface area contributed by atoms with Crippen molar-refractivity contribution in [1.29, 1.82) is 0 Å². The second-order valence-electron chi connectivity index (χ2n) is 4.84. The van der Waals surface area contributed by atoms with Crippen molar-refractivity contribution < 1.29 is 10.0 Å². The van der Waals surface area contributed by atoms with Crippen LogP contribution in [0.25, 0.3) is 0 Å². The zero-order valence-corrected chi connectivity index (χ0v) is 10.5. The molecule has 94 valence electrons. The number of nitrogens with zero attached hydrogens (tertiary/aromatic N) is 3. The van der Waals surface area contributed by atoms with Crippen molar-refractivity contribution in [2.75, 3.05) is 7.05 Å². The summed E-state index contributed by atoms with van der Waals surface area (Å²) in [5.74, 6) is -0.500. The first kappa shape index (κ1) is 13.2. The standard InChI is InChI=1S/C11H18N4O2/c1-11(2,3)8(10(16)12-4)9(14-17)15-6-5-13-7-15/h5-8,17H,1-4H3,(H,12,16). The Hall–Kier alpha value is -1.85. The van der Waals surface area contributed by atoms with Crippen LogP contribution in [-0.4, -0.2) is 33.5 Å². The molecular weight excluding hydrogens is 220 g/mol. The number of nitrogens with one attached hydrogen (secondary N) is 1. The first-order valence-electron chi connectivity index (χ1n) is 5.33. The van der Waals surface area contributed by atoms with Gasteiger partial charge in [0.15, 0.2) is 5.84 Å². The number of imidazole rings is 1. The zero-order chi connectivity index (χ0) is 13.1. The first-order chi connectivity index (χ1) is 7.91. The smallest absolute Gasteiger partial charge is 0.231 e. The monoisotopic (exact) mass is 238 g/mol. The number of carbonyl (C=O) groups is 1. The third-order valence-electron chi connectivity index (χ3n) is 2.50. The Bertz CT molecular complexity index is 404. The molecule has 0 saturated carbocycles. The van der Waals surface area contributed by atoms with E-state index in [1.54, 1.807) is 19.4 Å². The van der Waals surface area contributed by atoms with Crippen molar-refractivity contribution in [2.45, 2.75) is 20.8 Å². The Kier molecular flexibility index (Phi) is 3.88. The molecule has 0 spiro atoms. The van der Waals surface area contributed by atoms with Crippen LogP contribution in [0.1, 0.15) is 20.8 Å². The molecule has 0 bridgehead atoms. The predicted octanol–water partition coefficient (Wildman–Crippen LogP) is 0.927. The van der Waals surface area contributed by atoms with Crippen molar-refractivity contribution in [3.05, 3.63) is 18.7 Å². The molecule has 1 aromatic rings. The molecular formula is C11H18N4O2. The van der Waals surface area contributed by atoms with Gasteiger partial charge in [0.25, 0.3) is 0 Å². The maximum Gasteiger partial charge on any atom is 0.231 e. The third-order valence-corrected chi connectivity index (χ3v) is 2.50. The van der Waals surface area contributed by atoms with Gasteiger partial charge in [-0.2, -0.15) is 0 Å². The zero-order valence-electron chi connectivity index (χ0n) is 10.5. The normalized spacial score (nSPS) is 14.5.